The number of nitrogens with zero attached hydrogens (tertiary/aromatic N) is 2. The molecule has 52 heavy (non-hydrogen) atoms. The monoisotopic (exact) mass is 768 g/mol. The van der Waals surface area contributed by atoms with Gasteiger partial charge in [0.15, 0.2) is 0 Å². The number of benzene rings is 2. The quantitative estimate of drug-likeness (QED) is 0.148. The number of halogens is 2. The van der Waals surface area contributed by atoms with Gasteiger partial charge in [-0.05, 0) is 73.8 Å². The number of aliphatic hydroxyl groups excluding tert-OH is 1. The van der Waals surface area contributed by atoms with E-state index in [2.05, 4.69) is 19.2 Å². The van der Waals surface area contributed by atoms with Gasteiger partial charge in [-0.15, -0.1) is 0 Å². The summed E-state index contributed by atoms with van der Waals surface area (Å²) in [5, 5.41) is 14.5. The number of hydrogen-bond donors (Lipinski definition) is 3. The fourth-order valence-corrected chi connectivity index (χ4v) is 8.96. The predicted octanol–water partition coefficient (Wildman–Crippen LogP) is 5.65. The Kier molecular flexibility index (Phi) is 18.3. The van der Waals surface area contributed by atoms with Crippen LogP contribution in [0.15, 0.2) is 42.5 Å². The highest BCUT2D eigenvalue weighted by Crippen LogP contribution is 2.27. The molecule has 4 N–H and O–H groups in total. The van der Waals surface area contributed by atoms with Crippen LogP contribution in [0.2, 0.25) is 0 Å². The number of nitrogens with two attached hydrogens (primary N) is 1. The van der Waals surface area contributed by atoms with E-state index in [-0.39, 0.29) is 45.1 Å². The molecule has 0 aliphatic carbocycles. The van der Waals surface area contributed by atoms with E-state index in [1.165, 1.54) is 16.4 Å². The highest BCUT2D eigenvalue weighted by atomic mass is 32.2. The van der Waals surface area contributed by atoms with Crippen molar-refractivity contribution in [3.05, 3.63) is 70.8 Å². The molecular formula is C38H58F2N4O6S2. The van der Waals surface area contributed by atoms with Gasteiger partial charge in [0.2, 0.25) is 15.9 Å². The molecule has 2 aromatic rings. The Labute approximate surface area is 313 Å². The SMILES string of the molecule is CCCC(CCC)SCC(CCNC(=O)OC1CCN(S(C)(=O)=O)CC1)C(=O)N(Cc1cccc(CC)c1)C[C@@H](O)[C@@H](N)Cc1cc(F)cc(F)c1. The van der Waals surface area contributed by atoms with E-state index in [4.69, 9.17) is 10.5 Å². The number of sulfonamides is 1. The van der Waals surface area contributed by atoms with E-state index >= 15 is 0 Å². The van der Waals surface area contributed by atoms with Crippen LogP contribution in [0.25, 0.3) is 0 Å². The predicted molar refractivity (Wildman–Crippen MR) is 203 cm³/mol. The molecule has 10 nitrogen and oxygen atoms in total. The number of alkyl carbamates (subject to hydrolysis) is 1. The lowest BCUT2D eigenvalue weighted by molar-refractivity contribution is -0.137. The average Bonchev–Trinajstić information content (AvgIpc) is 3.08. The summed E-state index contributed by atoms with van der Waals surface area (Å²) in [4.78, 5) is 28.9. The molecule has 1 saturated heterocycles. The summed E-state index contributed by atoms with van der Waals surface area (Å²) in [6.45, 7) is 7.21. The second-order valence-corrected chi connectivity index (χ2v) is 17.1. The number of rotatable bonds is 21. The highest BCUT2D eigenvalue weighted by Gasteiger charge is 2.30. The van der Waals surface area contributed by atoms with Gasteiger partial charge in [-0.25, -0.2) is 26.3 Å². The van der Waals surface area contributed by atoms with Gasteiger partial charge in [0, 0.05) is 61.8 Å². The molecule has 0 radical (unpaired) electrons. The fraction of sp³-hybridized carbons (Fsp3) is 0.632. The first-order chi connectivity index (χ1) is 24.7. The average molecular weight is 769 g/mol. The van der Waals surface area contributed by atoms with Gasteiger partial charge in [0.1, 0.15) is 17.7 Å². The molecule has 0 aromatic heterocycles. The fourth-order valence-electron chi connectivity index (χ4n) is 6.47. The minimum absolute atomic E-state index is 0.0114. The van der Waals surface area contributed by atoms with Gasteiger partial charge in [0.05, 0.1) is 12.4 Å². The zero-order chi connectivity index (χ0) is 38.3. The van der Waals surface area contributed by atoms with Crippen molar-refractivity contribution in [1.29, 1.82) is 0 Å². The Morgan fingerprint density at radius 3 is 2.25 bits per heavy atom. The molecule has 1 unspecified atom stereocenters. The molecule has 3 atom stereocenters. The summed E-state index contributed by atoms with van der Waals surface area (Å²) < 4.78 is 58.4. The number of thioether (sulfide) groups is 1. The van der Waals surface area contributed by atoms with E-state index in [0.29, 0.717) is 35.8 Å². The summed E-state index contributed by atoms with van der Waals surface area (Å²) in [6, 6.07) is 10.2. The van der Waals surface area contributed by atoms with E-state index < -0.39 is 51.9 Å². The molecular weight excluding hydrogens is 711 g/mol. The van der Waals surface area contributed by atoms with Gasteiger partial charge >= 0.3 is 6.09 Å². The molecule has 1 aliphatic heterocycles. The topological polar surface area (TPSA) is 142 Å². The van der Waals surface area contributed by atoms with Crippen molar-refractivity contribution in [1.82, 2.24) is 14.5 Å². The van der Waals surface area contributed by atoms with E-state index in [9.17, 15) is 31.9 Å². The summed E-state index contributed by atoms with van der Waals surface area (Å²) in [6.07, 6.45) is 4.99. The van der Waals surface area contributed by atoms with Crippen molar-refractivity contribution in [3.8, 4) is 0 Å². The molecule has 1 aliphatic rings. The lowest BCUT2D eigenvalue weighted by Crippen LogP contribution is -2.48. The molecule has 0 bridgehead atoms. The number of carbonyl (C=O) groups excluding carboxylic acids is 2. The zero-order valence-corrected chi connectivity index (χ0v) is 32.7. The van der Waals surface area contributed by atoms with Gasteiger partial charge in [0.25, 0.3) is 0 Å². The van der Waals surface area contributed by atoms with Crippen LogP contribution in [0, 0.1) is 17.6 Å². The van der Waals surface area contributed by atoms with Crippen LogP contribution in [-0.4, -0.2) is 96.4 Å². The lowest BCUT2D eigenvalue weighted by Gasteiger charge is -2.32. The first-order valence-electron chi connectivity index (χ1n) is 18.5. The van der Waals surface area contributed by atoms with Crippen LogP contribution < -0.4 is 11.1 Å². The second-order valence-electron chi connectivity index (χ2n) is 13.8. The van der Waals surface area contributed by atoms with E-state index in [0.717, 1.165) is 55.6 Å². The molecule has 1 heterocycles. The third-order valence-corrected chi connectivity index (χ3v) is 12.2. The van der Waals surface area contributed by atoms with Crippen molar-refractivity contribution in [2.24, 2.45) is 11.7 Å². The maximum atomic E-state index is 14.5. The molecule has 2 aromatic carbocycles. The van der Waals surface area contributed by atoms with Gasteiger partial charge in [-0.3, -0.25) is 4.79 Å². The number of piperidine rings is 1. The number of ether oxygens (including phenoxy) is 1. The maximum Gasteiger partial charge on any atom is 0.407 e. The first kappa shape index (κ1) is 43.6. The number of nitrogens with one attached hydrogen (secondary N) is 1. The molecule has 0 spiro atoms. The lowest BCUT2D eigenvalue weighted by atomic mass is 9.99. The van der Waals surface area contributed by atoms with Crippen molar-refractivity contribution < 1.29 is 36.6 Å². The Bertz CT molecular complexity index is 1500. The minimum atomic E-state index is -3.30. The summed E-state index contributed by atoms with van der Waals surface area (Å²) in [5.74, 6) is -1.64. The first-order valence-corrected chi connectivity index (χ1v) is 21.4. The molecule has 0 saturated carbocycles. The Balaban J connectivity index is 1.77. The zero-order valence-electron chi connectivity index (χ0n) is 31.1. The summed E-state index contributed by atoms with van der Waals surface area (Å²) in [7, 11) is -3.30. The Morgan fingerprint density at radius 2 is 1.65 bits per heavy atom. The summed E-state index contributed by atoms with van der Waals surface area (Å²) in [5.41, 5.74) is 8.67. The van der Waals surface area contributed by atoms with Crippen LogP contribution in [0.5, 0.6) is 0 Å². The Morgan fingerprint density at radius 1 is 1.02 bits per heavy atom. The summed E-state index contributed by atoms with van der Waals surface area (Å²) >= 11 is 1.75. The van der Waals surface area contributed by atoms with Crippen LogP contribution in [0.1, 0.15) is 82.4 Å². The number of amides is 2. The van der Waals surface area contributed by atoms with Crippen molar-refractivity contribution in [2.75, 3.05) is 38.2 Å². The number of aryl methyl sites for hydroxylation is 1. The van der Waals surface area contributed by atoms with Crippen LogP contribution in [-0.2, 0) is 38.9 Å². The molecule has 1 fully saturated rings. The van der Waals surface area contributed by atoms with Crippen LogP contribution >= 0.6 is 11.8 Å². The van der Waals surface area contributed by atoms with Crippen molar-refractivity contribution in [3.63, 3.8) is 0 Å². The van der Waals surface area contributed by atoms with Gasteiger partial charge in [-0.1, -0.05) is 57.9 Å². The smallest absolute Gasteiger partial charge is 0.407 e. The highest BCUT2D eigenvalue weighted by molar-refractivity contribution is 7.99. The molecule has 2 amide bonds. The number of hydrogen-bond acceptors (Lipinski definition) is 8. The van der Waals surface area contributed by atoms with Crippen LogP contribution in [0.3, 0.4) is 0 Å². The Hall–Kier alpha value is -2.78. The van der Waals surface area contributed by atoms with Crippen molar-refractivity contribution >= 4 is 33.8 Å². The molecule has 3 rings (SSSR count). The third kappa shape index (κ3) is 14.9. The van der Waals surface area contributed by atoms with Crippen LogP contribution in [0.4, 0.5) is 13.6 Å². The minimum Gasteiger partial charge on any atom is -0.446 e. The molecule has 292 valence electrons. The van der Waals surface area contributed by atoms with Gasteiger partial charge < -0.3 is 25.8 Å². The van der Waals surface area contributed by atoms with Gasteiger partial charge in [-0.2, -0.15) is 11.8 Å². The normalized spacial score (nSPS) is 16.0. The third-order valence-electron chi connectivity index (χ3n) is 9.39. The largest absolute Gasteiger partial charge is 0.446 e. The molecule has 14 heteroatoms. The van der Waals surface area contributed by atoms with E-state index in [1.54, 1.807) is 16.7 Å². The maximum absolute atomic E-state index is 14.5. The van der Waals surface area contributed by atoms with E-state index in [1.807, 2.05) is 31.2 Å². The number of aliphatic hydroxyl groups is 1. The standard InChI is InChI=1S/C38H58F2N4O6S2/c1-5-9-34(10-6-2)51-26-30(13-16-42-38(47)50-33-14-17-44(18-15-33)52(4,48)49)37(46)43(24-28-12-8-11-27(7-3)19-28)25-36(45)35(41)22-29-20-31(39)23-32(40)21-29/h8,11-12,19-21,23,30,33-36,45H,5-7,9-10,13-18,22,24-26,41H2,1-4H3,(H,42,47)/t30?,35-,36+/m0/s1. The second kappa shape index (κ2) is 21.8. The number of carbonyl (C=O) groups is 2. The van der Waals surface area contributed by atoms with Crippen molar-refractivity contribution in [2.45, 2.75) is 109 Å².